The van der Waals surface area contributed by atoms with Crippen molar-refractivity contribution in [1.29, 1.82) is 0 Å². The summed E-state index contributed by atoms with van der Waals surface area (Å²) in [6, 6.07) is 0. The summed E-state index contributed by atoms with van der Waals surface area (Å²) >= 11 is 0. The van der Waals surface area contributed by atoms with E-state index in [9.17, 15) is 19.2 Å². The lowest BCUT2D eigenvalue weighted by Crippen LogP contribution is -2.49. The predicted molar refractivity (Wildman–Crippen MR) is 126 cm³/mol. The highest BCUT2D eigenvalue weighted by molar-refractivity contribution is 8.77. The minimum Gasteiger partial charge on any atom is -0.464 e. The molecule has 0 spiro atoms. The van der Waals surface area contributed by atoms with E-state index in [1.807, 2.05) is 27.7 Å². The van der Waals surface area contributed by atoms with Gasteiger partial charge in [-0.1, -0.05) is 28.0 Å². The summed E-state index contributed by atoms with van der Waals surface area (Å²) in [6.07, 6.45) is 4.23. The molecule has 3 amide bonds. The van der Waals surface area contributed by atoms with Gasteiger partial charge in [0.2, 0.25) is 17.7 Å². The molecule has 1 saturated carbocycles. The van der Waals surface area contributed by atoms with Crippen LogP contribution in [0.5, 0.6) is 0 Å². The van der Waals surface area contributed by atoms with Crippen molar-refractivity contribution in [2.45, 2.75) is 89.0 Å². The van der Waals surface area contributed by atoms with Gasteiger partial charge >= 0.3 is 5.97 Å². The summed E-state index contributed by atoms with van der Waals surface area (Å²) in [5, 5.41) is 2.90. The number of carbonyl (C=O) groups excluding carboxylic acids is 4. The third-order valence-corrected chi connectivity index (χ3v) is 9.18. The predicted octanol–water partition coefficient (Wildman–Crippen LogP) is 3.08. The molecule has 2 fully saturated rings. The van der Waals surface area contributed by atoms with Crippen molar-refractivity contribution in [3.05, 3.63) is 0 Å². The fourth-order valence-corrected chi connectivity index (χ4v) is 7.06. The largest absolute Gasteiger partial charge is 0.464 e. The lowest BCUT2D eigenvalue weighted by atomic mass is 9.85. The summed E-state index contributed by atoms with van der Waals surface area (Å²) in [5.41, 5.74) is -0.876. The van der Waals surface area contributed by atoms with Crippen LogP contribution in [0.2, 0.25) is 0 Å². The first-order valence-electron chi connectivity index (χ1n) is 11.1. The molecular formula is C22H36N2O6S2. The Kier molecular flexibility index (Phi) is 9.48. The van der Waals surface area contributed by atoms with Gasteiger partial charge in [0.25, 0.3) is 0 Å². The van der Waals surface area contributed by atoms with E-state index >= 15 is 0 Å². The number of nitrogens with zero attached hydrogens (tertiary/aromatic N) is 1. The van der Waals surface area contributed by atoms with E-state index in [2.05, 4.69) is 5.32 Å². The van der Waals surface area contributed by atoms with Crippen molar-refractivity contribution < 1.29 is 28.7 Å². The molecule has 0 aromatic heterocycles. The molecule has 1 aliphatic carbocycles. The quantitative estimate of drug-likeness (QED) is 0.240. The fourth-order valence-electron chi connectivity index (χ4n) is 3.40. The lowest BCUT2D eigenvalue weighted by Gasteiger charge is -2.40. The van der Waals surface area contributed by atoms with Crippen molar-refractivity contribution in [3.63, 3.8) is 0 Å². The van der Waals surface area contributed by atoms with Gasteiger partial charge in [0.15, 0.2) is 0 Å². The molecule has 0 atom stereocenters. The van der Waals surface area contributed by atoms with Gasteiger partial charge in [-0.05, 0) is 47.0 Å². The molecule has 32 heavy (non-hydrogen) atoms. The molecule has 1 heterocycles. The second-order valence-corrected chi connectivity index (χ2v) is 12.6. The zero-order chi connectivity index (χ0) is 24.0. The molecule has 2 rings (SSSR count). The Labute approximate surface area is 198 Å². The van der Waals surface area contributed by atoms with Crippen molar-refractivity contribution >= 4 is 45.3 Å². The Balaban J connectivity index is 1.68. The second kappa shape index (κ2) is 11.2. The standard InChI is InChI=1S/C22H36N2O6S2/c1-16(25)29-14-22(9-6-10-22)32-31-15-21(4,5)30-12-11-20(2,3)23-17(26)13-24-18(27)7-8-19(24)28/h6-15H2,1-5H3,(H,23,26). The van der Waals surface area contributed by atoms with E-state index in [1.54, 1.807) is 21.6 Å². The number of esters is 1. The highest BCUT2D eigenvalue weighted by Gasteiger charge is 2.40. The van der Waals surface area contributed by atoms with Crippen LogP contribution in [-0.4, -0.2) is 70.0 Å². The van der Waals surface area contributed by atoms with Gasteiger partial charge in [0.1, 0.15) is 13.2 Å². The number of carbonyl (C=O) groups is 4. The Bertz CT molecular complexity index is 705. The number of likely N-dealkylation sites (tertiary alicyclic amines) is 1. The molecule has 2 aliphatic rings. The van der Waals surface area contributed by atoms with Gasteiger partial charge in [-0.2, -0.15) is 0 Å². The van der Waals surface area contributed by atoms with Gasteiger partial charge in [0, 0.05) is 37.7 Å². The van der Waals surface area contributed by atoms with Crippen LogP contribution in [0.1, 0.15) is 73.1 Å². The smallest absolute Gasteiger partial charge is 0.302 e. The van der Waals surface area contributed by atoms with E-state index in [1.165, 1.54) is 6.92 Å². The second-order valence-electron chi connectivity index (χ2n) is 9.83. The van der Waals surface area contributed by atoms with Gasteiger partial charge in [-0.15, -0.1) is 0 Å². The topological polar surface area (TPSA) is 102 Å². The number of hydrogen-bond acceptors (Lipinski definition) is 8. The number of rotatable bonds is 13. The first-order valence-corrected chi connectivity index (χ1v) is 13.4. The van der Waals surface area contributed by atoms with E-state index in [0.717, 1.165) is 29.9 Å². The average Bonchev–Trinajstić information content (AvgIpc) is 2.94. The zero-order valence-electron chi connectivity index (χ0n) is 19.8. The summed E-state index contributed by atoms with van der Waals surface area (Å²) < 4.78 is 11.4. The third-order valence-electron chi connectivity index (χ3n) is 5.60. The normalized spacial score (nSPS) is 18.5. The molecule has 8 nitrogen and oxygen atoms in total. The van der Waals surface area contributed by atoms with Crippen molar-refractivity contribution in [2.75, 3.05) is 25.5 Å². The first kappa shape index (κ1) is 27.0. The summed E-state index contributed by atoms with van der Waals surface area (Å²) in [4.78, 5) is 47.8. The maximum Gasteiger partial charge on any atom is 0.302 e. The Morgan fingerprint density at radius 2 is 1.75 bits per heavy atom. The molecule has 182 valence electrons. The van der Waals surface area contributed by atoms with E-state index in [4.69, 9.17) is 9.47 Å². The van der Waals surface area contributed by atoms with Crippen molar-refractivity contribution in [2.24, 2.45) is 0 Å². The van der Waals surface area contributed by atoms with Crippen molar-refractivity contribution in [3.8, 4) is 0 Å². The van der Waals surface area contributed by atoms with E-state index in [0.29, 0.717) is 19.6 Å². The maximum absolute atomic E-state index is 12.3. The minimum absolute atomic E-state index is 0.0246. The van der Waals surface area contributed by atoms with Crippen LogP contribution in [0.25, 0.3) is 0 Å². The molecule has 1 N–H and O–H groups in total. The van der Waals surface area contributed by atoms with Crippen LogP contribution in [0.3, 0.4) is 0 Å². The Morgan fingerprint density at radius 3 is 2.28 bits per heavy atom. The molecule has 0 aromatic carbocycles. The van der Waals surface area contributed by atoms with Gasteiger partial charge in [0.05, 0.1) is 10.3 Å². The molecule has 0 radical (unpaired) electrons. The highest BCUT2D eigenvalue weighted by Crippen LogP contribution is 2.50. The SMILES string of the molecule is CC(=O)OCC1(SSCC(C)(C)OCCC(C)(C)NC(=O)CN2C(=O)CCC2=O)CCC1. The lowest BCUT2D eigenvalue weighted by molar-refractivity contribution is -0.143. The molecule has 0 unspecified atom stereocenters. The van der Waals surface area contributed by atoms with Gasteiger partial charge in [-0.3, -0.25) is 24.1 Å². The molecular weight excluding hydrogens is 452 g/mol. The number of hydrogen-bond donors (Lipinski definition) is 1. The van der Waals surface area contributed by atoms with Gasteiger partial charge < -0.3 is 14.8 Å². The summed E-state index contributed by atoms with van der Waals surface area (Å²) in [5.74, 6) is -0.381. The Morgan fingerprint density at radius 1 is 1.12 bits per heavy atom. The number of nitrogens with one attached hydrogen (secondary N) is 1. The highest BCUT2D eigenvalue weighted by atomic mass is 33.1. The third kappa shape index (κ3) is 8.59. The first-order chi connectivity index (χ1) is 14.8. The molecule has 1 saturated heterocycles. The monoisotopic (exact) mass is 488 g/mol. The molecule has 0 aromatic rings. The van der Waals surface area contributed by atoms with Crippen LogP contribution >= 0.6 is 21.6 Å². The summed E-state index contributed by atoms with van der Waals surface area (Å²) in [7, 11) is 3.53. The van der Waals surface area contributed by atoms with Crippen LogP contribution in [0, 0.1) is 0 Å². The average molecular weight is 489 g/mol. The minimum atomic E-state index is -0.527. The number of amides is 3. The maximum atomic E-state index is 12.3. The van der Waals surface area contributed by atoms with Crippen LogP contribution in [0.15, 0.2) is 0 Å². The van der Waals surface area contributed by atoms with Crippen LogP contribution < -0.4 is 5.32 Å². The van der Waals surface area contributed by atoms with E-state index in [-0.39, 0.29) is 53.4 Å². The fraction of sp³-hybridized carbons (Fsp3) is 0.818. The molecule has 0 bridgehead atoms. The summed E-state index contributed by atoms with van der Waals surface area (Å²) in [6.45, 7) is 10.0. The Hall–Kier alpha value is -1.26. The number of imide groups is 1. The number of ether oxygens (including phenoxy) is 2. The van der Waals surface area contributed by atoms with Crippen LogP contribution in [0.4, 0.5) is 0 Å². The van der Waals surface area contributed by atoms with E-state index < -0.39 is 5.54 Å². The van der Waals surface area contributed by atoms with Crippen molar-refractivity contribution in [1.82, 2.24) is 10.2 Å². The molecule has 1 aliphatic heterocycles. The van der Waals surface area contributed by atoms with Crippen LogP contribution in [-0.2, 0) is 28.7 Å². The zero-order valence-corrected chi connectivity index (χ0v) is 21.4. The molecule has 10 heteroatoms. The van der Waals surface area contributed by atoms with Gasteiger partial charge in [-0.25, -0.2) is 0 Å².